The van der Waals surface area contributed by atoms with Gasteiger partial charge in [-0.15, -0.1) is 17.9 Å². The van der Waals surface area contributed by atoms with Crippen LogP contribution in [0.25, 0.3) is 0 Å². The Kier molecular flexibility index (Phi) is 4.52. The summed E-state index contributed by atoms with van der Waals surface area (Å²) < 4.78 is 0. The fourth-order valence-electron chi connectivity index (χ4n) is 1.28. The van der Waals surface area contributed by atoms with Crippen molar-refractivity contribution >= 4 is 17.3 Å². The van der Waals surface area contributed by atoms with Crippen LogP contribution < -0.4 is 0 Å². The molecular formula is C11H15NO2S. The number of hydrogen-bond donors (Lipinski definition) is 1. The zero-order valence-corrected chi connectivity index (χ0v) is 9.54. The summed E-state index contributed by atoms with van der Waals surface area (Å²) in [5.74, 6) is -0.798. The quantitative estimate of drug-likeness (QED) is 0.755. The molecule has 0 aliphatic rings. The maximum Gasteiger partial charge on any atom is 0.320 e. The molecule has 4 heteroatoms. The van der Waals surface area contributed by atoms with Gasteiger partial charge in [-0.1, -0.05) is 12.1 Å². The van der Waals surface area contributed by atoms with Crippen molar-refractivity contribution in [3.63, 3.8) is 0 Å². The lowest BCUT2D eigenvalue weighted by Crippen LogP contribution is -2.38. The van der Waals surface area contributed by atoms with Gasteiger partial charge in [0.2, 0.25) is 0 Å². The molecule has 0 saturated heterocycles. The van der Waals surface area contributed by atoms with Crippen molar-refractivity contribution in [3.8, 4) is 0 Å². The largest absolute Gasteiger partial charge is 0.480 e. The second-order valence-corrected chi connectivity index (χ2v) is 4.34. The van der Waals surface area contributed by atoms with Crippen molar-refractivity contribution < 1.29 is 9.90 Å². The van der Waals surface area contributed by atoms with Crippen LogP contribution in [0.1, 0.15) is 11.8 Å². The summed E-state index contributed by atoms with van der Waals surface area (Å²) in [6.45, 7) is 6.59. The molecule has 82 valence electrons. The molecule has 15 heavy (non-hydrogen) atoms. The molecule has 1 aromatic heterocycles. The van der Waals surface area contributed by atoms with Crippen molar-refractivity contribution in [1.29, 1.82) is 0 Å². The highest BCUT2D eigenvalue weighted by Gasteiger charge is 2.19. The van der Waals surface area contributed by atoms with Crippen LogP contribution in [0.3, 0.4) is 0 Å². The third kappa shape index (κ3) is 3.49. The predicted octanol–water partition coefficient (Wildman–Crippen LogP) is 2.21. The molecule has 1 rings (SSSR count). The van der Waals surface area contributed by atoms with Gasteiger partial charge in [0, 0.05) is 18.0 Å². The van der Waals surface area contributed by atoms with Gasteiger partial charge in [0.25, 0.3) is 0 Å². The van der Waals surface area contributed by atoms with Crippen LogP contribution in [0.15, 0.2) is 30.2 Å². The van der Waals surface area contributed by atoms with Gasteiger partial charge >= 0.3 is 5.97 Å². The van der Waals surface area contributed by atoms with Crippen LogP contribution in [-0.4, -0.2) is 28.6 Å². The SMILES string of the molecule is C=CCN(Cc1cccs1)C(C)C(=O)O. The number of aliphatic carboxylic acids is 1. The highest BCUT2D eigenvalue weighted by molar-refractivity contribution is 7.09. The van der Waals surface area contributed by atoms with Gasteiger partial charge in [0.15, 0.2) is 0 Å². The van der Waals surface area contributed by atoms with E-state index < -0.39 is 12.0 Å². The van der Waals surface area contributed by atoms with Crippen molar-refractivity contribution in [2.75, 3.05) is 6.54 Å². The Balaban J connectivity index is 2.65. The number of nitrogens with zero attached hydrogens (tertiary/aromatic N) is 1. The minimum Gasteiger partial charge on any atom is -0.480 e. The number of carbonyl (C=O) groups is 1. The maximum absolute atomic E-state index is 10.9. The minimum atomic E-state index is -0.798. The van der Waals surface area contributed by atoms with E-state index >= 15 is 0 Å². The second kappa shape index (κ2) is 5.68. The Bertz CT molecular complexity index is 321. The van der Waals surface area contributed by atoms with Crippen molar-refractivity contribution in [2.24, 2.45) is 0 Å². The molecule has 0 saturated carbocycles. The van der Waals surface area contributed by atoms with Gasteiger partial charge in [-0.25, -0.2) is 0 Å². The van der Waals surface area contributed by atoms with Gasteiger partial charge in [-0.05, 0) is 18.4 Å². The van der Waals surface area contributed by atoms with E-state index in [1.54, 1.807) is 24.3 Å². The molecule has 0 bridgehead atoms. The van der Waals surface area contributed by atoms with Crippen LogP contribution in [0, 0.1) is 0 Å². The van der Waals surface area contributed by atoms with Crippen LogP contribution >= 0.6 is 11.3 Å². The van der Waals surface area contributed by atoms with E-state index in [1.165, 1.54) is 4.88 Å². The lowest BCUT2D eigenvalue weighted by Gasteiger charge is -2.23. The van der Waals surface area contributed by atoms with E-state index in [-0.39, 0.29) is 0 Å². The number of rotatable bonds is 6. The lowest BCUT2D eigenvalue weighted by molar-refractivity contribution is -0.142. The van der Waals surface area contributed by atoms with Crippen LogP contribution in [0.4, 0.5) is 0 Å². The molecule has 1 atom stereocenters. The average molecular weight is 225 g/mol. The Labute approximate surface area is 93.7 Å². The van der Waals surface area contributed by atoms with Gasteiger partial charge in [-0.3, -0.25) is 9.69 Å². The van der Waals surface area contributed by atoms with Crippen LogP contribution in [0.2, 0.25) is 0 Å². The Morgan fingerprint density at radius 3 is 3.00 bits per heavy atom. The van der Waals surface area contributed by atoms with Gasteiger partial charge in [0.05, 0.1) is 0 Å². The van der Waals surface area contributed by atoms with E-state index in [2.05, 4.69) is 6.58 Å². The predicted molar refractivity (Wildman–Crippen MR) is 62.0 cm³/mol. The monoisotopic (exact) mass is 225 g/mol. The summed E-state index contributed by atoms with van der Waals surface area (Å²) in [7, 11) is 0. The number of hydrogen-bond acceptors (Lipinski definition) is 3. The third-order valence-electron chi connectivity index (χ3n) is 2.21. The minimum absolute atomic E-state index is 0.481. The Morgan fingerprint density at radius 1 is 1.80 bits per heavy atom. The van der Waals surface area contributed by atoms with E-state index in [9.17, 15) is 4.79 Å². The van der Waals surface area contributed by atoms with E-state index in [0.29, 0.717) is 13.1 Å². The first-order valence-electron chi connectivity index (χ1n) is 4.75. The summed E-state index contributed by atoms with van der Waals surface area (Å²) >= 11 is 1.64. The first kappa shape index (κ1) is 11.9. The fraction of sp³-hybridized carbons (Fsp3) is 0.364. The highest BCUT2D eigenvalue weighted by atomic mass is 32.1. The summed E-state index contributed by atoms with van der Waals surface area (Å²) in [5, 5.41) is 10.9. The van der Waals surface area contributed by atoms with Crippen LogP contribution in [-0.2, 0) is 11.3 Å². The molecule has 0 radical (unpaired) electrons. The first-order chi connectivity index (χ1) is 7.15. The molecule has 1 N–H and O–H groups in total. The second-order valence-electron chi connectivity index (χ2n) is 3.31. The molecule has 0 amide bonds. The molecule has 1 heterocycles. The number of carboxylic acids is 1. The highest BCUT2D eigenvalue weighted by Crippen LogP contribution is 2.13. The Hall–Kier alpha value is -1.13. The maximum atomic E-state index is 10.9. The zero-order valence-electron chi connectivity index (χ0n) is 8.72. The van der Waals surface area contributed by atoms with E-state index in [0.717, 1.165) is 0 Å². The van der Waals surface area contributed by atoms with Gasteiger partial charge in [0.1, 0.15) is 6.04 Å². The number of thiophene rings is 1. The van der Waals surface area contributed by atoms with Crippen molar-refractivity contribution in [2.45, 2.75) is 19.5 Å². The topological polar surface area (TPSA) is 40.5 Å². The Morgan fingerprint density at radius 2 is 2.53 bits per heavy atom. The van der Waals surface area contributed by atoms with Crippen molar-refractivity contribution in [3.05, 3.63) is 35.0 Å². The molecule has 0 fully saturated rings. The van der Waals surface area contributed by atoms with Crippen LogP contribution in [0.5, 0.6) is 0 Å². The number of carboxylic acid groups (broad SMARTS) is 1. The molecule has 0 aliphatic heterocycles. The smallest absolute Gasteiger partial charge is 0.320 e. The summed E-state index contributed by atoms with van der Waals surface area (Å²) in [5.41, 5.74) is 0. The fourth-order valence-corrected chi connectivity index (χ4v) is 2.01. The molecule has 0 spiro atoms. The standard InChI is InChI=1S/C11H15NO2S/c1-3-6-12(9(2)11(13)14)8-10-5-4-7-15-10/h3-5,7,9H,1,6,8H2,2H3,(H,13,14). The molecule has 1 unspecified atom stereocenters. The summed E-state index contributed by atoms with van der Waals surface area (Å²) in [6.07, 6.45) is 1.73. The average Bonchev–Trinajstić information content (AvgIpc) is 2.68. The third-order valence-corrected chi connectivity index (χ3v) is 3.07. The summed E-state index contributed by atoms with van der Waals surface area (Å²) in [6, 6.07) is 3.50. The normalized spacial score (nSPS) is 12.7. The summed E-state index contributed by atoms with van der Waals surface area (Å²) in [4.78, 5) is 13.9. The molecule has 0 aliphatic carbocycles. The molecule has 0 aromatic carbocycles. The first-order valence-corrected chi connectivity index (χ1v) is 5.63. The lowest BCUT2D eigenvalue weighted by atomic mass is 10.2. The van der Waals surface area contributed by atoms with Crippen molar-refractivity contribution in [1.82, 2.24) is 4.90 Å². The van der Waals surface area contributed by atoms with Gasteiger partial charge in [-0.2, -0.15) is 0 Å². The van der Waals surface area contributed by atoms with Gasteiger partial charge < -0.3 is 5.11 Å². The molecule has 3 nitrogen and oxygen atoms in total. The van der Waals surface area contributed by atoms with E-state index in [4.69, 9.17) is 5.11 Å². The van der Waals surface area contributed by atoms with E-state index in [1.807, 2.05) is 22.4 Å². The molecule has 1 aromatic rings. The zero-order chi connectivity index (χ0) is 11.3. The molecular weight excluding hydrogens is 210 g/mol.